The highest BCUT2D eigenvalue weighted by atomic mass is 32.1. The Morgan fingerprint density at radius 2 is 2.03 bits per heavy atom. The van der Waals surface area contributed by atoms with Crippen molar-refractivity contribution >= 4 is 34.1 Å². The zero-order valence-corrected chi connectivity index (χ0v) is 19.8. The number of H-pyrrole nitrogens is 1. The van der Waals surface area contributed by atoms with Gasteiger partial charge in [-0.15, -0.1) is 21.5 Å². The van der Waals surface area contributed by atoms with E-state index in [1.54, 1.807) is 11.3 Å². The van der Waals surface area contributed by atoms with E-state index in [4.69, 9.17) is 12.2 Å². The number of rotatable bonds is 7. The predicted molar refractivity (Wildman–Crippen MR) is 136 cm³/mol. The summed E-state index contributed by atoms with van der Waals surface area (Å²) in [5.74, 6) is 0.863. The van der Waals surface area contributed by atoms with E-state index in [1.165, 1.54) is 17.5 Å². The molecule has 0 amide bonds. The Balaban J connectivity index is 1.27. The summed E-state index contributed by atoms with van der Waals surface area (Å²) in [5.41, 5.74) is 7.45. The number of hydrogen-bond donors (Lipinski definition) is 2. The van der Waals surface area contributed by atoms with Crippen LogP contribution in [-0.2, 0) is 19.3 Å². The molecule has 0 radical (unpaired) electrons. The minimum absolute atomic E-state index is 0.304. The molecule has 1 aliphatic carbocycles. The zero-order chi connectivity index (χ0) is 22.8. The maximum absolute atomic E-state index is 10.9. The Hall–Kier alpha value is -3.23. The van der Waals surface area contributed by atoms with E-state index >= 15 is 0 Å². The minimum Gasteiger partial charge on any atom is -0.506 e. The number of nitrogens with zero attached hydrogens (tertiary/aromatic N) is 4. The lowest BCUT2D eigenvalue weighted by molar-refractivity contribution is 0.478. The van der Waals surface area contributed by atoms with Crippen molar-refractivity contribution in [3.8, 4) is 27.6 Å². The molecule has 0 saturated heterocycles. The van der Waals surface area contributed by atoms with Gasteiger partial charge in [-0.25, -0.2) is 0 Å². The lowest BCUT2D eigenvalue weighted by atomic mass is 10.0. The highest BCUT2D eigenvalue weighted by Gasteiger charge is 2.17. The predicted octanol–water partition coefficient (Wildman–Crippen LogP) is 5.21. The molecule has 2 N–H and O–H groups in total. The number of aromatic amines is 1. The molecule has 0 spiro atoms. The number of benzene rings is 2. The Kier molecular flexibility index (Phi) is 6.11. The number of aromatic hydroxyl groups is 1. The summed E-state index contributed by atoms with van der Waals surface area (Å²) in [6.07, 6.45) is 4.13. The van der Waals surface area contributed by atoms with Crippen molar-refractivity contribution in [2.24, 2.45) is 4.99 Å². The standard InChI is InChI=1S/C25H23N5OS2/c1-15(22-14-33-24(23(22)31)19-9-8-17-5-3-6-18(17)12-19)26-13-21(32)11-16-4-2-7-20(10-16)25-27-29-30-28-25/h2,4,7-10,12,14,31H,3,5-6,11,13H2,1H3,(H,27,28,29,30). The number of thiocarbonyl (C=S) groups is 1. The van der Waals surface area contributed by atoms with E-state index in [9.17, 15) is 5.11 Å². The van der Waals surface area contributed by atoms with E-state index in [0.717, 1.165) is 50.5 Å². The second-order valence-electron chi connectivity index (χ2n) is 8.22. The second-order valence-corrected chi connectivity index (χ2v) is 9.67. The molecule has 2 aromatic heterocycles. The summed E-state index contributed by atoms with van der Waals surface area (Å²) >= 11 is 7.15. The molecule has 6 nitrogen and oxygen atoms in total. The van der Waals surface area contributed by atoms with Crippen molar-refractivity contribution in [2.45, 2.75) is 32.6 Å². The van der Waals surface area contributed by atoms with Crippen LogP contribution in [0.5, 0.6) is 5.75 Å². The fourth-order valence-corrected chi connectivity index (χ4v) is 5.44. The fraction of sp³-hybridized carbons (Fsp3) is 0.240. The van der Waals surface area contributed by atoms with Crippen LogP contribution >= 0.6 is 23.6 Å². The van der Waals surface area contributed by atoms with Gasteiger partial charge in [0.2, 0.25) is 5.82 Å². The number of hydrogen-bond acceptors (Lipinski definition) is 7. The van der Waals surface area contributed by atoms with Gasteiger partial charge < -0.3 is 5.11 Å². The van der Waals surface area contributed by atoms with Gasteiger partial charge in [0.15, 0.2) is 0 Å². The highest BCUT2D eigenvalue weighted by Crippen LogP contribution is 2.40. The van der Waals surface area contributed by atoms with E-state index in [0.29, 0.717) is 24.5 Å². The monoisotopic (exact) mass is 473 g/mol. The molecule has 1 aliphatic rings. The summed E-state index contributed by atoms with van der Waals surface area (Å²) in [7, 11) is 0. The van der Waals surface area contributed by atoms with Crippen molar-refractivity contribution in [1.82, 2.24) is 20.6 Å². The third kappa shape index (κ3) is 4.62. The summed E-state index contributed by atoms with van der Waals surface area (Å²) in [6.45, 7) is 2.35. The van der Waals surface area contributed by atoms with E-state index in [2.05, 4.69) is 43.8 Å². The van der Waals surface area contributed by atoms with Gasteiger partial charge in [0, 0.05) is 33.5 Å². The maximum Gasteiger partial charge on any atom is 0.204 e. The van der Waals surface area contributed by atoms with Gasteiger partial charge in [-0.05, 0) is 65.8 Å². The first-order valence-electron chi connectivity index (χ1n) is 10.9. The van der Waals surface area contributed by atoms with Crippen molar-refractivity contribution in [2.75, 3.05) is 6.54 Å². The third-order valence-electron chi connectivity index (χ3n) is 5.94. The van der Waals surface area contributed by atoms with Crippen molar-refractivity contribution in [1.29, 1.82) is 0 Å². The SMILES string of the molecule is CC(=NCC(=S)Cc1cccc(-c2nn[nH]n2)c1)c1csc(-c2ccc3c(c2)CCC3)c1O. The number of aromatic nitrogens is 4. The molecule has 8 heteroatoms. The number of fused-ring (bicyclic) bond motifs is 1. The smallest absolute Gasteiger partial charge is 0.204 e. The Morgan fingerprint density at radius 1 is 1.15 bits per heavy atom. The van der Waals surface area contributed by atoms with Gasteiger partial charge in [-0.1, -0.05) is 42.5 Å². The van der Waals surface area contributed by atoms with Crippen LogP contribution in [0.2, 0.25) is 0 Å². The van der Waals surface area contributed by atoms with Crippen LogP contribution in [0.1, 0.15) is 35.6 Å². The first-order valence-corrected chi connectivity index (χ1v) is 12.2. The molecule has 0 aliphatic heterocycles. The second kappa shape index (κ2) is 9.33. The average molecular weight is 474 g/mol. The first-order chi connectivity index (χ1) is 16.1. The zero-order valence-electron chi connectivity index (χ0n) is 18.2. The fourth-order valence-electron chi connectivity index (χ4n) is 4.21. The molecular weight excluding hydrogens is 450 g/mol. The van der Waals surface area contributed by atoms with Gasteiger partial charge in [-0.3, -0.25) is 4.99 Å². The molecule has 4 aromatic rings. The molecule has 5 rings (SSSR count). The van der Waals surface area contributed by atoms with Gasteiger partial charge in [-0.2, -0.15) is 5.21 Å². The summed E-state index contributed by atoms with van der Waals surface area (Å²) < 4.78 is 0. The van der Waals surface area contributed by atoms with Gasteiger partial charge in [0.05, 0.1) is 11.4 Å². The molecule has 33 heavy (non-hydrogen) atoms. The Bertz CT molecular complexity index is 1340. The Labute approximate surface area is 201 Å². The first kappa shape index (κ1) is 21.6. The molecular formula is C25H23N5OS2. The summed E-state index contributed by atoms with van der Waals surface area (Å²) in [5, 5.41) is 27.0. The quantitative estimate of drug-likeness (QED) is 0.284. The van der Waals surface area contributed by atoms with E-state index in [-0.39, 0.29) is 0 Å². The number of tetrazole rings is 1. The van der Waals surface area contributed by atoms with Gasteiger partial charge in [0.25, 0.3) is 0 Å². The van der Waals surface area contributed by atoms with Crippen LogP contribution in [0.3, 0.4) is 0 Å². The minimum atomic E-state index is 0.304. The topological polar surface area (TPSA) is 87.0 Å². The van der Waals surface area contributed by atoms with Gasteiger partial charge in [0.1, 0.15) is 5.75 Å². The molecule has 0 saturated carbocycles. The van der Waals surface area contributed by atoms with Gasteiger partial charge >= 0.3 is 0 Å². The van der Waals surface area contributed by atoms with Crippen molar-refractivity contribution in [3.63, 3.8) is 0 Å². The van der Waals surface area contributed by atoms with Crippen molar-refractivity contribution < 1.29 is 5.11 Å². The highest BCUT2D eigenvalue weighted by molar-refractivity contribution is 7.80. The van der Waals surface area contributed by atoms with Crippen LogP contribution in [-0.4, -0.2) is 42.9 Å². The number of thiophene rings is 1. The number of nitrogens with one attached hydrogen (secondary N) is 1. The molecule has 0 fully saturated rings. The molecule has 166 valence electrons. The van der Waals surface area contributed by atoms with E-state index in [1.807, 2.05) is 36.6 Å². The average Bonchev–Trinajstić information content (AvgIpc) is 3.58. The third-order valence-corrected chi connectivity index (χ3v) is 7.23. The van der Waals surface area contributed by atoms with Crippen LogP contribution in [0.25, 0.3) is 21.8 Å². The van der Waals surface area contributed by atoms with Crippen LogP contribution < -0.4 is 0 Å². The van der Waals surface area contributed by atoms with Crippen molar-refractivity contribution in [3.05, 3.63) is 70.1 Å². The van der Waals surface area contributed by atoms with Crippen LogP contribution in [0.4, 0.5) is 0 Å². The maximum atomic E-state index is 10.9. The molecule has 0 atom stereocenters. The molecule has 2 heterocycles. The lowest BCUT2D eigenvalue weighted by Crippen LogP contribution is -2.06. The van der Waals surface area contributed by atoms with Crippen LogP contribution in [0, 0.1) is 0 Å². The van der Waals surface area contributed by atoms with Crippen LogP contribution in [0.15, 0.2) is 52.8 Å². The number of aliphatic imine (C=N–C) groups is 1. The summed E-state index contributed by atoms with van der Waals surface area (Å²) in [6, 6.07) is 14.5. The largest absolute Gasteiger partial charge is 0.506 e. The molecule has 2 aromatic carbocycles. The molecule has 0 bridgehead atoms. The molecule has 0 unspecified atom stereocenters. The van der Waals surface area contributed by atoms with E-state index < -0.39 is 0 Å². The normalized spacial score (nSPS) is 13.3. The number of aryl methyl sites for hydroxylation is 2. The Morgan fingerprint density at radius 3 is 2.88 bits per heavy atom. The summed E-state index contributed by atoms with van der Waals surface area (Å²) in [4.78, 5) is 6.40. The lowest BCUT2D eigenvalue weighted by Gasteiger charge is -2.06.